The number of hydrogen-bond acceptors (Lipinski definition) is 7. The van der Waals surface area contributed by atoms with Crippen LogP contribution >= 0.6 is 0 Å². The summed E-state index contributed by atoms with van der Waals surface area (Å²) in [6.45, 7) is 3.46. The highest BCUT2D eigenvalue weighted by atomic mass is 32.2. The van der Waals surface area contributed by atoms with E-state index >= 15 is 0 Å². The van der Waals surface area contributed by atoms with Gasteiger partial charge in [0.25, 0.3) is 0 Å². The number of aliphatic hydroxyl groups excluding tert-OH is 1. The van der Waals surface area contributed by atoms with E-state index in [0.717, 1.165) is 58.0 Å². The number of ether oxygens (including phenoxy) is 2. The molecule has 1 saturated carbocycles. The summed E-state index contributed by atoms with van der Waals surface area (Å²) >= 11 is 0. The minimum atomic E-state index is -3.08. The fourth-order valence-electron chi connectivity index (χ4n) is 5.40. The van der Waals surface area contributed by atoms with Gasteiger partial charge >= 0.3 is 0 Å². The molecule has 4 rings (SSSR count). The molecule has 2 heterocycles. The Labute approximate surface area is 209 Å². The van der Waals surface area contributed by atoms with Gasteiger partial charge in [0, 0.05) is 13.0 Å². The minimum Gasteiger partial charge on any atom is -0.486 e. The van der Waals surface area contributed by atoms with E-state index in [1.807, 2.05) is 6.07 Å². The summed E-state index contributed by atoms with van der Waals surface area (Å²) in [5, 5.41) is 14.0. The number of hydrogen-bond donors (Lipinski definition) is 2. The third kappa shape index (κ3) is 7.33. The van der Waals surface area contributed by atoms with Crippen molar-refractivity contribution in [3.8, 4) is 11.5 Å². The summed E-state index contributed by atoms with van der Waals surface area (Å²) in [6.07, 6.45) is 7.30. The summed E-state index contributed by atoms with van der Waals surface area (Å²) in [6, 6.07) is 4.94. The van der Waals surface area contributed by atoms with E-state index in [0.29, 0.717) is 49.7 Å². The van der Waals surface area contributed by atoms with Gasteiger partial charge in [-0.1, -0.05) is 25.3 Å². The average Bonchev–Trinajstić information content (AvgIpc) is 3.39. The molecule has 9 heteroatoms. The second kappa shape index (κ2) is 12.4. The fraction of sp³-hybridized carbons (Fsp3) is 0.731. The number of amides is 1. The zero-order chi connectivity index (χ0) is 24.7. The van der Waals surface area contributed by atoms with E-state index in [-0.39, 0.29) is 23.3 Å². The summed E-state index contributed by atoms with van der Waals surface area (Å²) in [7, 11) is -3.08. The van der Waals surface area contributed by atoms with E-state index in [1.165, 1.54) is 0 Å². The highest BCUT2D eigenvalue weighted by Gasteiger charge is 2.29. The first kappa shape index (κ1) is 26.2. The molecule has 35 heavy (non-hydrogen) atoms. The van der Waals surface area contributed by atoms with Gasteiger partial charge < -0.3 is 24.8 Å². The molecule has 1 aliphatic carbocycles. The number of nitrogens with zero attached hydrogens (tertiary/aromatic N) is 1. The van der Waals surface area contributed by atoms with Crippen molar-refractivity contribution in [2.45, 2.75) is 81.6 Å². The molecular formula is C26H40N2O6S. The molecule has 2 atom stereocenters. The number of fused-ring (bicyclic) bond motifs is 1. The lowest BCUT2D eigenvalue weighted by molar-refractivity contribution is -0.123. The van der Waals surface area contributed by atoms with Crippen LogP contribution in [0.3, 0.4) is 0 Å². The first-order chi connectivity index (χ1) is 16.9. The predicted molar refractivity (Wildman–Crippen MR) is 135 cm³/mol. The minimum absolute atomic E-state index is 0.152. The highest BCUT2D eigenvalue weighted by molar-refractivity contribution is 7.92. The Morgan fingerprint density at radius 2 is 1.74 bits per heavy atom. The van der Waals surface area contributed by atoms with Crippen LogP contribution in [-0.4, -0.2) is 74.2 Å². The number of sulfone groups is 1. The van der Waals surface area contributed by atoms with E-state index in [9.17, 15) is 18.3 Å². The zero-order valence-corrected chi connectivity index (χ0v) is 21.4. The van der Waals surface area contributed by atoms with Crippen molar-refractivity contribution in [3.63, 3.8) is 0 Å². The largest absolute Gasteiger partial charge is 0.486 e. The fourth-order valence-corrected chi connectivity index (χ4v) is 7.39. The maximum absolute atomic E-state index is 12.8. The van der Waals surface area contributed by atoms with Gasteiger partial charge in [0.2, 0.25) is 5.91 Å². The number of rotatable bonds is 11. The molecule has 3 aliphatic rings. The van der Waals surface area contributed by atoms with Crippen molar-refractivity contribution in [1.29, 1.82) is 0 Å². The molecule has 2 fully saturated rings. The Morgan fingerprint density at radius 1 is 1.03 bits per heavy atom. The van der Waals surface area contributed by atoms with E-state index in [4.69, 9.17) is 9.47 Å². The second-order valence-electron chi connectivity index (χ2n) is 10.1. The number of unbranched alkanes of at least 4 members (excludes halogenated alkanes) is 1. The monoisotopic (exact) mass is 508 g/mol. The number of aliphatic hydroxyl groups is 1. The molecule has 2 aliphatic heterocycles. The predicted octanol–water partition coefficient (Wildman–Crippen LogP) is 2.99. The summed E-state index contributed by atoms with van der Waals surface area (Å²) in [4.78, 5) is 15.1. The zero-order valence-electron chi connectivity index (χ0n) is 20.6. The van der Waals surface area contributed by atoms with Gasteiger partial charge in [-0.3, -0.25) is 4.79 Å². The molecule has 0 unspecified atom stereocenters. The molecule has 0 aromatic heterocycles. The van der Waals surface area contributed by atoms with Gasteiger partial charge in [-0.05, 0) is 69.3 Å². The van der Waals surface area contributed by atoms with E-state index < -0.39 is 22.0 Å². The Hall–Kier alpha value is -1.84. The SMILES string of the molecule is O=C(CCCCS(=O)(=O)C1CCCCC1)N[C@H](CN1CCCC1)[C@H](O)c1ccc2c(c1)OCCO2. The van der Waals surface area contributed by atoms with Crippen LogP contribution in [0.1, 0.15) is 75.9 Å². The summed E-state index contributed by atoms with van der Waals surface area (Å²) in [5.74, 6) is 1.27. The number of nitrogens with one attached hydrogen (secondary N) is 1. The van der Waals surface area contributed by atoms with Gasteiger partial charge in [-0.2, -0.15) is 0 Å². The van der Waals surface area contributed by atoms with Gasteiger partial charge in [-0.25, -0.2) is 8.42 Å². The van der Waals surface area contributed by atoms with Crippen LogP contribution in [0.4, 0.5) is 0 Å². The van der Waals surface area contributed by atoms with Gasteiger partial charge in [0.15, 0.2) is 21.3 Å². The van der Waals surface area contributed by atoms with Crippen molar-refractivity contribution in [1.82, 2.24) is 10.2 Å². The maximum Gasteiger partial charge on any atom is 0.220 e. The van der Waals surface area contributed by atoms with Crippen molar-refractivity contribution >= 4 is 15.7 Å². The molecular weight excluding hydrogens is 468 g/mol. The average molecular weight is 509 g/mol. The lowest BCUT2D eigenvalue weighted by Crippen LogP contribution is -2.46. The third-order valence-electron chi connectivity index (χ3n) is 7.43. The molecule has 1 aromatic carbocycles. The molecule has 0 spiro atoms. The van der Waals surface area contributed by atoms with Crippen molar-refractivity contribution in [3.05, 3.63) is 23.8 Å². The Balaban J connectivity index is 1.31. The first-order valence-corrected chi connectivity index (χ1v) is 14.9. The van der Waals surface area contributed by atoms with Gasteiger partial charge in [-0.15, -0.1) is 0 Å². The summed E-state index contributed by atoms with van der Waals surface area (Å²) in [5.41, 5.74) is 0.678. The van der Waals surface area contributed by atoms with Crippen molar-refractivity contribution in [2.24, 2.45) is 0 Å². The molecule has 196 valence electrons. The van der Waals surface area contributed by atoms with Crippen LogP contribution in [0.15, 0.2) is 18.2 Å². The number of likely N-dealkylation sites (tertiary alicyclic amines) is 1. The van der Waals surface area contributed by atoms with Crippen molar-refractivity contribution < 1.29 is 27.8 Å². The Bertz CT molecular complexity index is 941. The number of carbonyl (C=O) groups excluding carboxylic acids is 1. The van der Waals surface area contributed by atoms with Gasteiger partial charge in [0.1, 0.15) is 19.3 Å². The smallest absolute Gasteiger partial charge is 0.220 e. The molecule has 1 aromatic rings. The lowest BCUT2D eigenvalue weighted by atomic mass is 10.0. The Morgan fingerprint density at radius 3 is 2.49 bits per heavy atom. The standard InChI is InChI=1S/C26H40N2O6S/c29-25(10-4-7-17-35(31,32)21-8-2-1-3-9-21)27-22(19-28-13-5-6-14-28)26(30)20-11-12-23-24(18-20)34-16-15-33-23/h11-12,18,21-22,26,30H,1-10,13-17,19H2,(H,27,29)/t22-,26-/m1/s1. The third-order valence-corrected chi connectivity index (χ3v) is 9.78. The molecule has 1 amide bonds. The van der Waals surface area contributed by atoms with Crippen LogP contribution < -0.4 is 14.8 Å². The second-order valence-corrected chi connectivity index (χ2v) is 12.5. The van der Waals surface area contributed by atoms with Crippen LogP contribution in [0.5, 0.6) is 11.5 Å². The van der Waals surface area contributed by atoms with E-state index in [1.54, 1.807) is 12.1 Å². The quantitative estimate of drug-likeness (QED) is 0.443. The van der Waals surface area contributed by atoms with Crippen LogP contribution in [0, 0.1) is 0 Å². The Kier molecular flexibility index (Phi) is 9.30. The van der Waals surface area contributed by atoms with Crippen LogP contribution in [0.2, 0.25) is 0 Å². The molecule has 0 bridgehead atoms. The molecule has 1 saturated heterocycles. The normalized spacial score (nSPS) is 20.9. The maximum atomic E-state index is 12.8. The number of benzene rings is 1. The molecule has 0 radical (unpaired) electrons. The van der Waals surface area contributed by atoms with Crippen molar-refractivity contribution in [2.75, 3.05) is 38.6 Å². The topological polar surface area (TPSA) is 105 Å². The van der Waals surface area contributed by atoms with Crippen LogP contribution in [0.25, 0.3) is 0 Å². The van der Waals surface area contributed by atoms with E-state index in [2.05, 4.69) is 10.2 Å². The number of carbonyl (C=O) groups is 1. The molecule has 8 nitrogen and oxygen atoms in total. The van der Waals surface area contributed by atoms with Crippen LogP contribution in [-0.2, 0) is 14.6 Å². The lowest BCUT2D eigenvalue weighted by Gasteiger charge is -2.29. The first-order valence-electron chi connectivity index (χ1n) is 13.2. The van der Waals surface area contributed by atoms with Gasteiger partial charge in [0.05, 0.1) is 17.0 Å². The molecule has 2 N–H and O–H groups in total. The summed E-state index contributed by atoms with van der Waals surface area (Å²) < 4.78 is 36.4. The highest BCUT2D eigenvalue weighted by Crippen LogP contribution is 2.33.